The van der Waals surface area contributed by atoms with Crippen LogP contribution in [0.1, 0.15) is 23.9 Å². The summed E-state index contributed by atoms with van der Waals surface area (Å²) in [7, 11) is 2.06. The fraction of sp³-hybridized carbons (Fsp3) is 0.429. The number of rotatable bonds is 4. The Balaban J connectivity index is 1.75. The van der Waals surface area contributed by atoms with Crippen LogP contribution in [0.4, 0.5) is 19.7 Å². The smallest absolute Gasteiger partial charge is 0.281 e. The van der Waals surface area contributed by atoms with Gasteiger partial charge in [0.2, 0.25) is 0 Å². The molecule has 1 atom stereocenters. The molecule has 0 saturated carbocycles. The molecule has 124 valence electrons. The number of thiazole rings is 1. The molecule has 23 heavy (non-hydrogen) atoms. The standard InChI is InChI=1S/C14H16ClF2N5S/c1-22-5-4-18-6-10(22)9-7-23-14(19-9)21-11-3-2-8(15)12(20-11)13(16)17/h2-3,7,10,13,18H,4-6H2,1H3,(H,19,20,21). The minimum absolute atomic E-state index is 0.0414. The zero-order chi connectivity index (χ0) is 16.4. The Bertz CT molecular complexity index is 681. The largest absolute Gasteiger partial charge is 0.316 e. The minimum atomic E-state index is -2.71. The number of piperazine rings is 1. The maximum absolute atomic E-state index is 12.8. The van der Waals surface area contributed by atoms with Crippen molar-refractivity contribution < 1.29 is 8.78 Å². The molecule has 9 heteroatoms. The first kappa shape index (κ1) is 16.5. The summed E-state index contributed by atoms with van der Waals surface area (Å²) in [5.74, 6) is 0.306. The summed E-state index contributed by atoms with van der Waals surface area (Å²) >= 11 is 7.14. The molecule has 3 heterocycles. The Labute approximate surface area is 141 Å². The van der Waals surface area contributed by atoms with E-state index in [-0.39, 0.29) is 11.1 Å². The molecule has 0 aromatic carbocycles. The summed E-state index contributed by atoms with van der Waals surface area (Å²) in [4.78, 5) is 10.6. The highest BCUT2D eigenvalue weighted by Gasteiger charge is 2.23. The molecule has 1 fully saturated rings. The summed E-state index contributed by atoms with van der Waals surface area (Å²) in [5.41, 5.74) is 0.528. The van der Waals surface area contributed by atoms with E-state index in [0.717, 1.165) is 25.3 Å². The molecule has 3 rings (SSSR count). The molecule has 1 unspecified atom stereocenters. The Hall–Kier alpha value is -1.35. The second-order valence-electron chi connectivity index (χ2n) is 5.27. The fourth-order valence-electron chi connectivity index (χ4n) is 2.42. The Kier molecular flexibility index (Phi) is 5.05. The van der Waals surface area contributed by atoms with Gasteiger partial charge in [0.25, 0.3) is 6.43 Å². The van der Waals surface area contributed by atoms with E-state index in [2.05, 4.69) is 32.5 Å². The van der Waals surface area contributed by atoms with Crippen molar-refractivity contribution in [2.24, 2.45) is 0 Å². The minimum Gasteiger partial charge on any atom is -0.316 e. The van der Waals surface area contributed by atoms with Crippen molar-refractivity contribution in [3.63, 3.8) is 0 Å². The van der Waals surface area contributed by atoms with Crippen molar-refractivity contribution in [1.29, 1.82) is 0 Å². The molecule has 0 bridgehead atoms. The van der Waals surface area contributed by atoms with Crippen molar-refractivity contribution in [1.82, 2.24) is 20.2 Å². The van der Waals surface area contributed by atoms with E-state index in [1.165, 1.54) is 17.4 Å². The van der Waals surface area contributed by atoms with Crippen LogP contribution in [0, 0.1) is 0 Å². The van der Waals surface area contributed by atoms with Gasteiger partial charge < -0.3 is 10.6 Å². The average molecular weight is 360 g/mol. The number of hydrogen-bond acceptors (Lipinski definition) is 6. The van der Waals surface area contributed by atoms with Crippen LogP contribution in [0.15, 0.2) is 17.5 Å². The van der Waals surface area contributed by atoms with E-state index < -0.39 is 12.1 Å². The summed E-state index contributed by atoms with van der Waals surface area (Å²) in [5, 5.41) is 8.86. The predicted molar refractivity (Wildman–Crippen MR) is 87.8 cm³/mol. The number of likely N-dealkylation sites (N-methyl/N-ethyl adjacent to an activating group) is 1. The van der Waals surface area contributed by atoms with Crippen LogP contribution in [0.2, 0.25) is 5.02 Å². The molecule has 1 aliphatic heterocycles. The summed E-state index contributed by atoms with van der Waals surface area (Å²) in [6, 6.07) is 3.18. The van der Waals surface area contributed by atoms with Gasteiger partial charge in [-0.25, -0.2) is 18.7 Å². The number of nitrogens with zero attached hydrogens (tertiary/aromatic N) is 3. The van der Waals surface area contributed by atoms with Crippen molar-refractivity contribution >= 4 is 33.9 Å². The lowest BCUT2D eigenvalue weighted by atomic mass is 10.1. The maximum atomic E-state index is 12.8. The number of anilines is 2. The fourth-order valence-corrected chi connectivity index (χ4v) is 3.37. The molecule has 1 aliphatic rings. The van der Waals surface area contributed by atoms with Crippen molar-refractivity contribution in [3.8, 4) is 0 Å². The number of nitrogens with one attached hydrogen (secondary N) is 2. The lowest BCUT2D eigenvalue weighted by Crippen LogP contribution is -2.43. The molecular formula is C14H16ClF2N5S. The van der Waals surface area contributed by atoms with Gasteiger partial charge in [0.05, 0.1) is 16.8 Å². The molecule has 2 N–H and O–H groups in total. The van der Waals surface area contributed by atoms with Gasteiger partial charge in [-0.15, -0.1) is 11.3 Å². The first-order valence-corrected chi connectivity index (χ1v) is 8.38. The van der Waals surface area contributed by atoms with Gasteiger partial charge in [0, 0.05) is 25.0 Å². The number of halogens is 3. The van der Waals surface area contributed by atoms with Crippen LogP contribution in [-0.4, -0.2) is 41.5 Å². The lowest BCUT2D eigenvalue weighted by molar-refractivity contribution is 0.146. The van der Waals surface area contributed by atoms with Gasteiger partial charge >= 0.3 is 0 Å². The molecule has 0 aliphatic carbocycles. The second-order valence-corrected chi connectivity index (χ2v) is 6.53. The number of aromatic nitrogens is 2. The highest BCUT2D eigenvalue weighted by molar-refractivity contribution is 7.13. The van der Waals surface area contributed by atoms with Crippen molar-refractivity contribution in [3.05, 3.63) is 33.9 Å². The number of alkyl halides is 2. The van der Waals surface area contributed by atoms with E-state index in [0.29, 0.717) is 10.9 Å². The van der Waals surface area contributed by atoms with Crippen LogP contribution in [0.3, 0.4) is 0 Å². The summed E-state index contributed by atoms with van der Waals surface area (Å²) < 4.78 is 25.7. The maximum Gasteiger partial charge on any atom is 0.281 e. The average Bonchev–Trinajstić information content (AvgIpc) is 2.97. The number of hydrogen-bond donors (Lipinski definition) is 2. The van der Waals surface area contributed by atoms with Crippen LogP contribution < -0.4 is 10.6 Å². The first-order valence-electron chi connectivity index (χ1n) is 7.12. The van der Waals surface area contributed by atoms with Gasteiger partial charge in [0.15, 0.2) is 5.13 Å². The third kappa shape index (κ3) is 3.77. The van der Waals surface area contributed by atoms with Gasteiger partial charge in [-0.05, 0) is 19.2 Å². The highest BCUT2D eigenvalue weighted by Crippen LogP contribution is 2.29. The number of pyridine rings is 1. The quantitative estimate of drug-likeness (QED) is 0.875. The van der Waals surface area contributed by atoms with Crippen LogP contribution in [-0.2, 0) is 0 Å². The third-order valence-corrected chi connectivity index (χ3v) is 4.78. The highest BCUT2D eigenvalue weighted by atomic mass is 35.5. The van der Waals surface area contributed by atoms with Gasteiger partial charge in [-0.3, -0.25) is 4.90 Å². The zero-order valence-electron chi connectivity index (χ0n) is 12.4. The second kappa shape index (κ2) is 7.04. The van der Waals surface area contributed by atoms with E-state index >= 15 is 0 Å². The molecule has 0 radical (unpaired) electrons. The topological polar surface area (TPSA) is 53.1 Å². The molecule has 2 aromatic rings. The predicted octanol–water partition coefficient (Wildman–Crippen LogP) is 3.45. The summed E-state index contributed by atoms with van der Waals surface area (Å²) in [6.45, 7) is 2.77. The monoisotopic (exact) mass is 359 g/mol. The molecular weight excluding hydrogens is 344 g/mol. The van der Waals surface area contributed by atoms with Crippen LogP contribution in [0.25, 0.3) is 0 Å². The Morgan fingerprint density at radius 1 is 1.43 bits per heavy atom. The van der Waals surface area contributed by atoms with Crippen molar-refractivity contribution in [2.75, 3.05) is 32.0 Å². The Morgan fingerprint density at radius 3 is 3.00 bits per heavy atom. The van der Waals surface area contributed by atoms with E-state index in [9.17, 15) is 8.78 Å². The van der Waals surface area contributed by atoms with E-state index in [1.54, 1.807) is 6.07 Å². The van der Waals surface area contributed by atoms with Gasteiger partial charge in [-0.1, -0.05) is 11.6 Å². The SMILES string of the molecule is CN1CCNCC1c1csc(Nc2ccc(Cl)c(C(F)F)n2)n1. The van der Waals surface area contributed by atoms with Crippen molar-refractivity contribution in [2.45, 2.75) is 12.5 Å². The molecule has 1 saturated heterocycles. The third-order valence-electron chi connectivity index (χ3n) is 3.69. The lowest BCUT2D eigenvalue weighted by Gasteiger charge is -2.31. The van der Waals surface area contributed by atoms with Gasteiger partial charge in [-0.2, -0.15) is 0 Å². The molecule has 2 aromatic heterocycles. The van der Waals surface area contributed by atoms with E-state index in [1.807, 2.05) is 5.38 Å². The first-order chi connectivity index (χ1) is 11.0. The molecule has 5 nitrogen and oxygen atoms in total. The normalized spacial score (nSPS) is 19.3. The molecule has 0 spiro atoms. The molecule has 0 amide bonds. The van der Waals surface area contributed by atoms with Crippen LogP contribution in [0.5, 0.6) is 0 Å². The summed E-state index contributed by atoms with van der Waals surface area (Å²) in [6.07, 6.45) is -2.71. The Morgan fingerprint density at radius 2 is 2.26 bits per heavy atom. The van der Waals surface area contributed by atoms with Gasteiger partial charge in [0.1, 0.15) is 11.5 Å². The zero-order valence-corrected chi connectivity index (χ0v) is 14.0. The van der Waals surface area contributed by atoms with E-state index in [4.69, 9.17) is 11.6 Å². The van der Waals surface area contributed by atoms with Crippen LogP contribution >= 0.6 is 22.9 Å².